The number of nitrogens with one attached hydrogen (secondary N) is 2. The van der Waals surface area contributed by atoms with Crippen molar-refractivity contribution in [1.29, 1.82) is 0 Å². The van der Waals surface area contributed by atoms with Gasteiger partial charge in [0.15, 0.2) is 0 Å². The molecule has 1 amide bonds. The number of carbonyl (C=O) groups excluding carboxylic acids is 1. The standard InChI is InChI=1S/C15H20N2O/c18-15(17-14-6-3-7-16-10-14)13-8-11-4-1-2-5-12(11)9-13/h1-2,4-5,13-14,16H,3,6-10H2,(H,17,18)/t14-/m1/s1. The maximum Gasteiger partial charge on any atom is 0.224 e. The van der Waals surface area contributed by atoms with E-state index in [0.29, 0.717) is 6.04 Å². The lowest BCUT2D eigenvalue weighted by Crippen LogP contribution is -2.47. The molecule has 2 N–H and O–H groups in total. The largest absolute Gasteiger partial charge is 0.352 e. The summed E-state index contributed by atoms with van der Waals surface area (Å²) in [5, 5.41) is 6.53. The van der Waals surface area contributed by atoms with Crippen molar-refractivity contribution in [3.63, 3.8) is 0 Å². The van der Waals surface area contributed by atoms with Crippen LogP contribution in [0.1, 0.15) is 24.0 Å². The SMILES string of the molecule is O=C(N[C@@H]1CCCNC1)C1Cc2ccccc2C1. The van der Waals surface area contributed by atoms with Crippen LogP contribution in [0.3, 0.4) is 0 Å². The first kappa shape index (κ1) is 11.7. The van der Waals surface area contributed by atoms with Crippen LogP contribution < -0.4 is 10.6 Å². The Balaban J connectivity index is 1.58. The van der Waals surface area contributed by atoms with Crippen LogP contribution in [0.15, 0.2) is 24.3 Å². The molecule has 0 saturated carbocycles. The van der Waals surface area contributed by atoms with E-state index in [9.17, 15) is 4.79 Å². The van der Waals surface area contributed by atoms with E-state index in [1.165, 1.54) is 11.1 Å². The third-order valence-corrected chi connectivity index (χ3v) is 4.07. The molecule has 1 fully saturated rings. The minimum atomic E-state index is 0.143. The Bertz CT molecular complexity index is 413. The van der Waals surface area contributed by atoms with Gasteiger partial charge in [-0.15, -0.1) is 0 Å². The Kier molecular flexibility index (Phi) is 3.33. The van der Waals surface area contributed by atoms with Gasteiger partial charge >= 0.3 is 0 Å². The fourth-order valence-corrected chi connectivity index (χ4v) is 3.04. The van der Waals surface area contributed by atoms with Crippen LogP contribution in [0.25, 0.3) is 0 Å². The van der Waals surface area contributed by atoms with Gasteiger partial charge in [-0.05, 0) is 43.4 Å². The van der Waals surface area contributed by atoms with Crippen LogP contribution in [0.2, 0.25) is 0 Å². The molecule has 1 atom stereocenters. The number of fused-ring (bicyclic) bond motifs is 1. The second kappa shape index (κ2) is 5.11. The van der Waals surface area contributed by atoms with E-state index in [4.69, 9.17) is 0 Å². The van der Waals surface area contributed by atoms with Gasteiger partial charge in [0.1, 0.15) is 0 Å². The van der Waals surface area contributed by atoms with Gasteiger partial charge in [0.05, 0.1) is 0 Å². The molecule has 1 saturated heterocycles. The normalized spacial score (nSPS) is 23.7. The molecule has 0 aromatic heterocycles. The van der Waals surface area contributed by atoms with E-state index in [1.807, 2.05) is 0 Å². The zero-order valence-electron chi connectivity index (χ0n) is 10.6. The third-order valence-electron chi connectivity index (χ3n) is 4.07. The number of hydrogen-bond acceptors (Lipinski definition) is 2. The third kappa shape index (κ3) is 2.41. The van der Waals surface area contributed by atoms with Crippen molar-refractivity contribution < 1.29 is 4.79 Å². The van der Waals surface area contributed by atoms with E-state index in [0.717, 1.165) is 38.8 Å². The molecule has 1 aliphatic heterocycles. The van der Waals surface area contributed by atoms with E-state index in [2.05, 4.69) is 34.9 Å². The molecule has 0 bridgehead atoms. The van der Waals surface area contributed by atoms with Crippen LogP contribution in [-0.4, -0.2) is 25.0 Å². The predicted octanol–water partition coefficient (Wildman–Crippen LogP) is 1.27. The minimum absolute atomic E-state index is 0.143. The molecule has 1 aromatic rings. The van der Waals surface area contributed by atoms with Crippen molar-refractivity contribution in [1.82, 2.24) is 10.6 Å². The summed E-state index contributed by atoms with van der Waals surface area (Å²) in [7, 11) is 0. The molecule has 3 rings (SSSR count). The first-order valence-electron chi connectivity index (χ1n) is 6.91. The van der Waals surface area contributed by atoms with E-state index in [1.54, 1.807) is 0 Å². The van der Waals surface area contributed by atoms with Crippen LogP contribution in [0.5, 0.6) is 0 Å². The molecule has 1 aliphatic carbocycles. The number of rotatable bonds is 2. The molecular formula is C15H20N2O. The van der Waals surface area contributed by atoms with Crippen LogP contribution in [-0.2, 0) is 17.6 Å². The highest BCUT2D eigenvalue weighted by Gasteiger charge is 2.28. The Morgan fingerprint density at radius 3 is 2.56 bits per heavy atom. The smallest absolute Gasteiger partial charge is 0.224 e. The van der Waals surface area contributed by atoms with E-state index < -0.39 is 0 Å². The van der Waals surface area contributed by atoms with E-state index >= 15 is 0 Å². The van der Waals surface area contributed by atoms with Gasteiger partial charge in [0.25, 0.3) is 0 Å². The fraction of sp³-hybridized carbons (Fsp3) is 0.533. The molecule has 0 spiro atoms. The Labute approximate surface area is 108 Å². The van der Waals surface area contributed by atoms with Crippen LogP contribution >= 0.6 is 0 Å². The van der Waals surface area contributed by atoms with Crippen molar-refractivity contribution in [2.45, 2.75) is 31.7 Å². The minimum Gasteiger partial charge on any atom is -0.352 e. The van der Waals surface area contributed by atoms with Gasteiger partial charge in [-0.3, -0.25) is 4.79 Å². The maximum absolute atomic E-state index is 12.2. The second-order valence-corrected chi connectivity index (χ2v) is 5.43. The lowest BCUT2D eigenvalue weighted by atomic mass is 10.0. The van der Waals surface area contributed by atoms with Gasteiger partial charge in [-0.25, -0.2) is 0 Å². The summed E-state index contributed by atoms with van der Waals surface area (Å²) in [5.41, 5.74) is 2.69. The van der Waals surface area contributed by atoms with Gasteiger partial charge in [0, 0.05) is 18.5 Å². The molecular weight excluding hydrogens is 224 g/mol. The molecule has 3 heteroatoms. The lowest BCUT2D eigenvalue weighted by molar-refractivity contribution is -0.125. The van der Waals surface area contributed by atoms with Crippen molar-refractivity contribution in [2.24, 2.45) is 5.92 Å². The molecule has 3 nitrogen and oxygen atoms in total. The number of benzene rings is 1. The van der Waals surface area contributed by atoms with Gasteiger partial charge in [-0.1, -0.05) is 24.3 Å². The quantitative estimate of drug-likeness (QED) is 0.822. The molecule has 0 radical (unpaired) electrons. The topological polar surface area (TPSA) is 41.1 Å². The molecule has 2 aliphatic rings. The highest BCUT2D eigenvalue weighted by Crippen LogP contribution is 2.26. The van der Waals surface area contributed by atoms with Crippen molar-refractivity contribution in [3.8, 4) is 0 Å². The summed E-state index contributed by atoms with van der Waals surface area (Å²) in [5.74, 6) is 0.379. The highest BCUT2D eigenvalue weighted by molar-refractivity contribution is 5.80. The van der Waals surface area contributed by atoms with E-state index in [-0.39, 0.29) is 11.8 Å². The first-order chi connectivity index (χ1) is 8.83. The molecule has 1 aromatic carbocycles. The fourth-order valence-electron chi connectivity index (χ4n) is 3.04. The molecule has 0 unspecified atom stereocenters. The Hall–Kier alpha value is -1.35. The van der Waals surface area contributed by atoms with Crippen molar-refractivity contribution >= 4 is 5.91 Å². The van der Waals surface area contributed by atoms with Gasteiger partial charge in [-0.2, -0.15) is 0 Å². The van der Waals surface area contributed by atoms with Crippen LogP contribution in [0.4, 0.5) is 0 Å². The first-order valence-corrected chi connectivity index (χ1v) is 6.91. The average Bonchev–Trinajstić information content (AvgIpc) is 2.84. The highest BCUT2D eigenvalue weighted by atomic mass is 16.1. The zero-order chi connectivity index (χ0) is 12.4. The lowest BCUT2D eigenvalue weighted by Gasteiger charge is -2.25. The monoisotopic (exact) mass is 244 g/mol. The molecule has 1 heterocycles. The summed E-state index contributed by atoms with van der Waals surface area (Å²) >= 11 is 0. The summed E-state index contributed by atoms with van der Waals surface area (Å²) in [6.45, 7) is 2.01. The summed E-state index contributed by atoms with van der Waals surface area (Å²) in [4.78, 5) is 12.2. The number of amides is 1. The molecule has 96 valence electrons. The second-order valence-electron chi connectivity index (χ2n) is 5.43. The van der Waals surface area contributed by atoms with Crippen molar-refractivity contribution in [3.05, 3.63) is 35.4 Å². The van der Waals surface area contributed by atoms with Gasteiger partial charge < -0.3 is 10.6 Å². The van der Waals surface area contributed by atoms with Crippen LogP contribution in [0, 0.1) is 5.92 Å². The summed E-state index contributed by atoms with van der Waals surface area (Å²) in [6.07, 6.45) is 4.08. The average molecular weight is 244 g/mol. The Morgan fingerprint density at radius 1 is 1.22 bits per heavy atom. The predicted molar refractivity (Wildman–Crippen MR) is 71.4 cm³/mol. The summed E-state index contributed by atoms with van der Waals surface area (Å²) in [6, 6.07) is 8.74. The number of hydrogen-bond donors (Lipinski definition) is 2. The number of carbonyl (C=O) groups is 1. The maximum atomic E-state index is 12.2. The Morgan fingerprint density at radius 2 is 1.94 bits per heavy atom. The van der Waals surface area contributed by atoms with Crippen molar-refractivity contribution in [2.75, 3.05) is 13.1 Å². The summed E-state index contributed by atoms with van der Waals surface area (Å²) < 4.78 is 0. The van der Waals surface area contributed by atoms with Gasteiger partial charge in [0.2, 0.25) is 5.91 Å². The number of piperidine rings is 1. The molecule has 18 heavy (non-hydrogen) atoms. The zero-order valence-corrected chi connectivity index (χ0v) is 10.6.